The number of thioether (sulfide) groups is 2. The Balaban J connectivity index is 2.50. The van der Waals surface area contributed by atoms with Gasteiger partial charge >= 0.3 is 0 Å². The minimum absolute atomic E-state index is 0.359. The van der Waals surface area contributed by atoms with Gasteiger partial charge in [0.25, 0.3) is 0 Å². The second kappa shape index (κ2) is 11.7. The van der Waals surface area contributed by atoms with Gasteiger partial charge in [-0.25, -0.2) is 0 Å². The Kier molecular flexibility index (Phi) is 10.4. The lowest BCUT2D eigenvalue weighted by Gasteiger charge is -2.14. The van der Waals surface area contributed by atoms with Crippen LogP contribution in [0.4, 0.5) is 0 Å². The minimum atomic E-state index is -0.386. The number of hydrogen-bond donors (Lipinski definition) is 4. The first kappa shape index (κ1) is 21.2. The number of hydrogen-bond acceptors (Lipinski definition) is 7. The Hall–Kier alpha value is -0.805. The van der Waals surface area contributed by atoms with E-state index in [9.17, 15) is 9.59 Å². The second-order valence-electron chi connectivity index (χ2n) is 4.78. The van der Waals surface area contributed by atoms with Gasteiger partial charge in [0.15, 0.2) is 0 Å². The molecule has 2 atom stereocenters. The maximum Gasteiger partial charge on any atom is 0.236 e. The van der Waals surface area contributed by atoms with E-state index < -0.39 is 0 Å². The number of primary amides is 2. The van der Waals surface area contributed by atoms with Crippen LogP contribution in [0.5, 0.6) is 0 Å². The number of carbonyl (C=O) groups excluding carboxylic acids is 2. The lowest BCUT2D eigenvalue weighted by Crippen LogP contribution is -2.44. The smallest absolute Gasteiger partial charge is 0.236 e. The van der Waals surface area contributed by atoms with E-state index in [1.165, 1.54) is 11.9 Å². The molecule has 1 rings (SSSR count). The van der Waals surface area contributed by atoms with Crippen molar-refractivity contribution in [2.75, 3.05) is 17.8 Å². The van der Waals surface area contributed by atoms with Gasteiger partial charge in [0, 0.05) is 21.3 Å². The van der Waals surface area contributed by atoms with Gasteiger partial charge in [0.2, 0.25) is 19.2 Å². The number of benzene rings is 1. The van der Waals surface area contributed by atoms with Crippen molar-refractivity contribution in [2.45, 2.75) is 28.7 Å². The highest BCUT2D eigenvalue weighted by atomic mass is 32.2. The molecule has 131 valence electrons. The standard InChI is InChI=1S/C14H22BN4O2S3/c1-15-18-11(13(16)20)7-23-9-3-5-10(6-4-9)24-8-12(14(17)21)19-22-2/h3-6,11-12,18-19H,7-8H2,1-2H3,(H2,16,20)(H2,17,21). The summed E-state index contributed by atoms with van der Waals surface area (Å²) in [6.45, 7) is 1.82. The molecular weight excluding hydrogens is 363 g/mol. The summed E-state index contributed by atoms with van der Waals surface area (Å²) in [6, 6.07) is 7.20. The van der Waals surface area contributed by atoms with Gasteiger partial charge < -0.3 is 16.7 Å². The lowest BCUT2D eigenvalue weighted by molar-refractivity contribution is -0.119. The van der Waals surface area contributed by atoms with Crippen LogP contribution < -0.4 is 21.4 Å². The van der Waals surface area contributed by atoms with Crippen LogP contribution in [0.25, 0.3) is 0 Å². The van der Waals surface area contributed by atoms with Gasteiger partial charge in [0.05, 0.1) is 6.04 Å². The molecule has 2 amide bonds. The molecule has 1 aromatic carbocycles. The minimum Gasteiger partial charge on any atom is -0.368 e. The molecule has 1 radical (unpaired) electrons. The quantitative estimate of drug-likeness (QED) is 0.238. The molecule has 0 bridgehead atoms. The van der Waals surface area contributed by atoms with Crippen molar-refractivity contribution in [3.05, 3.63) is 24.3 Å². The van der Waals surface area contributed by atoms with E-state index in [0.29, 0.717) is 11.5 Å². The van der Waals surface area contributed by atoms with Crippen molar-refractivity contribution in [3.8, 4) is 0 Å². The highest BCUT2D eigenvalue weighted by Crippen LogP contribution is 2.24. The molecule has 24 heavy (non-hydrogen) atoms. The molecule has 0 saturated heterocycles. The van der Waals surface area contributed by atoms with Gasteiger partial charge in [-0.3, -0.25) is 14.3 Å². The topological polar surface area (TPSA) is 110 Å². The molecule has 0 heterocycles. The Morgan fingerprint density at radius 2 is 1.50 bits per heavy atom. The largest absolute Gasteiger partial charge is 0.368 e. The number of nitrogens with two attached hydrogens (primary N) is 2. The lowest BCUT2D eigenvalue weighted by atomic mass is 9.98. The average Bonchev–Trinajstić information content (AvgIpc) is 2.55. The summed E-state index contributed by atoms with van der Waals surface area (Å²) in [6.07, 6.45) is 1.86. The van der Waals surface area contributed by atoms with Gasteiger partial charge in [-0.15, -0.1) is 23.5 Å². The summed E-state index contributed by atoms with van der Waals surface area (Å²) in [5.41, 5.74) is 10.7. The zero-order valence-corrected chi connectivity index (χ0v) is 16.1. The molecule has 0 aromatic heterocycles. The van der Waals surface area contributed by atoms with E-state index in [1.807, 2.05) is 37.3 Å². The van der Waals surface area contributed by atoms with E-state index in [1.54, 1.807) is 30.9 Å². The van der Waals surface area contributed by atoms with Crippen molar-refractivity contribution < 1.29 is 9.59 Å². The second-order valence-corrected chi connectivity index (χ2v) is 7.61. The first-order valence-electron chi connectivity index (χ1n) is 7.24. The summed E-state index contributed by atoms with van der Waals surface area (Å²) >= 11 is 4.50. The maximum atomic E-state index is 11.3. The summed E-state index contributed by atoms with van der Waals surface area (Å²) in [5.74, 6) is 0.407. The fraction of sp³-hybridized carbons (Fsp3) is 0.429. The van der Waals surface area contributed by atoms with E-state index >= 15 is 0 Å². The van der Waals surface area contributed by atoms with Crippen molar-refractivity contribution in [1.82, 2.24) is 9.95 Å². The Bertz CT molecular complexity index is 486. The van der Waals surface area contributed by atoms with Crippen LogP contribution in [-0.2, 0) is 9.59 Å². The molecule has 0 aliphatic carbocycles. The summed E-state index contributed by atoms with van der Waals surface area (Å²) in [4.78, 5) is 24.7. The molecule has 6 nitrogen and oxygen atoms in total. The molecule has 0 aliphatic rings. The summed E-state index contributed by atoms with van der Waals surface area (Å²) in [5, 5.41) is 2.94. The maximum absolute atomic E-state index is 11.3. The van der Waals surface area contributed by atoms with E-state index in [-0.39, 0.29) is 23.9 Å². The van der Waals surface area contributed by atoms with Crippen LogP contribution in [0.2, 0.25) is 6.82 Å². The summed E-state index contributed by atoms with van der Waals surface area (Å²) in [7, 11) is 1.72. The molecule has 0 saturated carbocycles. The third kappa shape index (κ3) is 7.84. The number of amides is 2. The van der Waals surface area contributed by atoms with Crippen molar-refractivity contribution in [1.29, 1.82) is 0 Å². The van der Waals surface area contributed by atoms with Crippen LogP contribution in [0, 0.1) is 0 Å². The van der Waals surface area contributed by atoms with E-state index in [4.69, 9.17) is 11.5 Å². The van der Waals surface area contributed by atoms with Crippen LogP contribution in [0.15, 0.2) is 34.1 Å². The van der Waals surface area contributed by atoms with Crippen molar-refractivity contribution in [3.63, 3.8) is 0 Å². The third-order valence-electron chi connectivity index (χ3n) is 2.97. The van der Waals surface area contributed by atoms with Crippen molar-refractivity contribution >= 4 is 54.7 Å². The van der Waals surface area contributed by atoms with Gasteiger partial charge in [0.1, 0.15) is 6.04 Å². The molecule has 6 N–H and O–H groups in total. The third-order valence-corrected chi connectivity index (χ3v) is 5.70. The highest BCUT2D eigenvalue weighted by Gasteiger charge is 2.15. The predicted octanol–water partition coefficient (Wildman–Crippen LogP) is 0.703. The normalized spacial score (nSPS) is 13.2. The van der Waals surface area contributed by atoms with Gasteiger partial charge in [-0.05, 0) is 30.5 Å². The molecule has 0 spiro atoms. The van der Waals surface area contributed by atoms with Crippen LogP contribution in [0.3, 0.4) is 0 Å². The Morgan fingerprint density at radius 1 is 1.04 bits per heavy atom. The van der Waals surface area contributed by atoms with Crippen LogP contribution in [-0.4, -0.2) is 49.1 Å². The SMILES string of the molecule is C[B]NC(CSc1ccc(SCC(NSC)C(N)=O)cc1)C(N)=O. The van der Waals surface area contributed by atoms with Crippen LogP contribution >= 0.6 is 35.5 Å². The van der Waals surface area contributed by atoms with Gasteiger partial charge in [-0.1, -0.05) is 18.8 Å². The zero-order chi connectivity index (χ0) is 17.9. The van der Waals surface area contributed by atoms with E-state index in [2.05, 4.69) is 9.95 Å². The molecule has 10 heteroatoms. The molecule has 0 aliphatic heterocycles. The Morgan fingerprint density at radius 3 is 1.88 bits per heavy atom. The van der Waals surface area contributed by atoms with Crippen molar-refractivity contribution in [2.24, 2.45) is 11.5 Å². The fourth-order valence-electron chi connectivity index (χ4n) is 1.72. The molecule has 2 unspecified atom stereocenters. The Labute approximate surface area is 156 Å². The predicted molar refractivity (Wildman–Crippen MR) is 105 cm³/mol. The summed E-state index contributed by atoms with van der Waals surface area (Å²) < 4.78 is 2.98. The average molecular weight is 385 g/mol. The monoisotopic (exact) mass is 385 g/mol. The zero-order valence-electron chi connectivity index (χ0n) is 13.7. The number of carbonyl (C=O) groups is 2. The molecule has 1 aromatic rings. The first-order valence-corrected chi connectivity index (χ1v) is 10.4. The first-order chi connectivity index (χ1) is 11.5. The van der Waals surface area contributed by atoms with Gasteiger partial charge in [-0.2, -0.15) is 0 Å². The van der Waals surface area contributed by atoms with Crippen LogP contribution in [0.1, 0.15) is 0 Å². The highest BCUT2D eigenvalue weighted by molar-refractivity contribution is 8.00. The molecule has 0 fully saturated rings. The molecular formula is C14H22BN4O2S3. The van der Waals surface area contributed by atoms with E-state index in [0.717, 1.165) is 9.79 Å². The number of rotatable bonds is 12. The number of nitrogens with one attached hydrogen (secondary N) is 2. The fourth-order valence-corrected chi connectivity index (χ4v) is 4.19.